The number of aromatic amines is 1. The summed E-state index contributed by atoms with van der Waals surface area (Å²) in [4.78, 5) is 22.0. The number of nitrogens with zero attached hydrogens (tertiary/aromatic N) is 2. The van der Waals surface area contributed by atoms with E-state index in [1.54, 1.807) is 19.4 Å². The second-order valence-electron chi connectivity index (χ2n) is 6.45. The number of carbonyl (C=O) groups excluding carboxylic acids is 1. The van der Waals surface area contributed by atoms with Gasteiger partial charge < -0.3 is 15.5 Å². The van der Waals surface area contributed by atoms with Crippen LogP contribution >= 0.6 is 0 Å². The van der Waals surface area contributed by atoms with Gasteiger partial charge in [0.05, 0.1) is 0 Å². The predicted molar refractivity (Wildman–Crippen MR) is 103 cm³/mol. The normalized spacial score (nSPS) is 19.2. The van der Waals surface area contributed by atoms with Crippen molar-refractivity contribution >= 4 is 11.9 Å². The van der Waals surface area contributed by atoms with Crippen molar-refractivity contribution in [1.29, 1.82) is 0 Å². The SMILES string of the molecule is CN1C(=O)C(c2cc[nH]c2)(c2cccc(OCc3ccccc3)c2)N=C1N. The molecule has 0 aliphatic carbocycles. The minimum Gasteiger partial charge on any atom is -0.489 e. The first-order chi connectivity index (χ1) is 13.1. The summed E-state index contributed by atoms with van der Waals surface area (Å²) in [5.74, 6) is 0.666. The average molecular weight is 360 g/mol. The summed E-state index contributed by atoms with van der Waals surface area (Å²) in [6.45, 7) is 0.445. The molecule has 6 nitrogen and oxygen atoms in total. The monoisotopic (exact) mass is 360 g/mol. The lowest BCUT2D eigenvalue weighted by molar-refractivity contribution is -0.129. The van der Waals surface area contributed by atoms with Crippen LogP contribution in [-0.4, -0.2) is 28.8 Å². The molecule has 3 aromatic rings. The lowest BCUT2D eigenvalue weighted by Gasteiger charge is -2.25. The molecule has 0 saturated heterocycles. The van der Waals surface area contributed by atoms with Crippen molar-refractivity contribution in [2.45, 2.75) is 12.1 Å². The van der Waals surface area contributed by atoms with Gasteiger partial charge in [0.15, 0.2) is 11.5 Å². The number of aliphatic imine (C=N–C) groups is 1. The van der Waals surface area contributed by atoms with E-state index in [0.29, 0.717) is 17.9 Å². The Morgan fingerprint density at radius 3 is 2.59 bits per heavy atom. The van der Waals surface area contributed by atoms with Crippen LogP contribution in [0.1, 0.15) is 16.7 Å². The van der Waals surface area contributed by atoms with Crippen LogP contribution in [0.15, 0.2) is 78.0 Å². The Labute approximate surface area is 157 Å². The maximum absolute atomic E-state index is 13.1. The minimum absolute atomic E-state index is 0.191. The first-order valence-corrected chi connectivity index (χ1v) is 8.65. The number of nitrogens with two attached hydrogens (primary N) is 1. The summed E-state index contributed by atoms with van der Waals surface area (Å²) in [5, 5.41) is 0. The molecule has 2 heterocycles. The van der Waals surface area contributed by atoms with Gasteiger partial charge in [0, 0.05) is 25.0 Å². The number of H-pyrrole nitrogens is 1. The maximum Gasteiger partial charge on any atom is 0.266 e. The van der Waals surface area contributed by atoms with Crippen LogP contribution in [0, 0.1) is 0 Å². The summed E-state index contributed by atoms with van der Waals surface area (Å²) >= 11 is 0. The van der Waals surface area contributed by atoms with Crippen molar-refractivity contribution < 1.29 is 9.53 Å². The molecule has 0 radical (unpaired) electrons. The van der Waals surface area contributed by atoms with Gasteiger partial charge in [-0.25, -0.2) is 4.99 Å². The number of benzene rings is 2. The van der Waals surface area contributed by atoms with Crippen LogP contribution < -0.4 is 10.5 Å². The maximum atomic E-state index is 13.1. The quantitative estimate of drug-likeness (QED) is 0.734. The molecule has 1 amide bonds. The van der Waals surface area contributed by atoms with Gasteiger partial charge >= 0.3 is 0 Å². The van der Waals surface area contributed by atoms with Gasteiger partial charge in [0.2, 0.25) is 0 Å². The van der Waals surface area contributed by atoms with E-state index in [9.17, 15) is 4.79 Å². The molecular formula is C21H20N4O2. The number of aromatic nitrogens is 1. The van der Waals surface area contributed by atoms with Crippen molar-refractivity contribution in [3.8, 4) is 5.75 Å². The number of hydrogen-bond acceptors (Lipinski definition) is 4. The van der Waals surface area contributed by atoms with Crippen LogP contribution in [0.3, 0.4) is 0 Å². The van der Waals surface area contributed by atoms with E-state index in [0.717, 1.165) is 11.1 Å². The van der Waals surface area contributed by atoms with E-state index in [2.05, 4.69) is 9.98 Å². The summed E-state index contributed by atoms with van der Waals surface area (Å²) in [7, 11) is 1.63. The molecule has 1 aliphatic heterocycles. The average Bonchev–Trinajstić information content (AvgIpc) is 3.32. The van der Waals surface area contributed by atoms with Crippen molar-refractivity contribution in [3.05, 3.63) is 89.7 Å². The summed E-state index contributed by atoms with van der Waals surface area (Å²) in [5.41, 5.74) is 7.29. The highest BCUT2D eigenvalue weighted by atomic mass is 16.5. The van der Waals surface area contributed by atoms with E-state index in [1.807, 2.05) is 60.7 Å². The van der Waals surface area contributed by atoms with Gasteiger partial charge in [-0.1, -0.05) is 42.5 Å². The Hall–Kier alpha value is -3.54. The van der Waals surface area contributed by atoms with Gasteiger partial charge in [0.1, 0.15) is 12.4 Å². The van der Waals surface area contributed by atoms with Crippen molar-refractivity contribution in [2.75, 3.05) is 7.05 Å². The Bertz CT molecular complexity index is 982. The largest absolute Gasteiger partial charge is 0.489 e. The molecule has 27 heavy (non-hydrogen) atoms. The third kappa shape index (κ3) is 2.85. The Balaban J connectivity index is 1.71. The van der Waals surface area contributed by atoms with E-state index in [1.165, 1.54) is 4.90 Å². The van der Waals surface area contributed by atoms with Crippen LogP contribution in [0.5, 0.6) is 5.75 Å². The number of nitrogens with one attached hydrogen (secondary N) is 1. The predicted octanol–water partition coefficient (Wildman–Crippen LogP) is 2.62. The van der Waals surface area contributed by atoms with E-state index in [-0.39, 0.29) is 11.9 Å². The fourth-order valence-corrected chi connectivity index (χ4v) is 3.28. The fourth-order valence-electron chi connectivity index (χ4n) is 3.28. The summed E-state index contributed by atoms with van der Waals surface area (Å²) in [6.07, 6.45) is 3.54. The van der Waals surface area contributed by atoms with Gasteiger partial charge in [-0.2, -0.15) is 0 Å². The topological polar surface area (TPSA) is 83.7 Å². The first kappa shape index (κ1) is 16.9. The molecule has 136 valence electrons. The van der Waals surface area contributed by atoms with E-state index >= 15 is 0 Å². The number of likely N-dealkylation sites (N-methyl/N-ethyl adjacent to an activating group) is 1. The third-order valence-corrected chi connectivity index (χ3v) is 4.76. The molecule has 4 rings (SSSR count). The zero-order valence-electron chi connectivity index (χ0n) is 14.9. The third-order valence-electron chi connectivity index (χ3n) is 4.76. The van der Waals surface area contributed by atoms with Crippen LogP contribution in [-0.2, 0) is 16.9 Å². The molecule has 3 N–H and O–H groups in total. The first-order valence-electron chi connectivity index (χ1n) is 8.65. The minimum atomic E-state index is -1.20. The number of amides is 1. The fraction of sp³-hybridized carbons (Fsp3) is 0.143. The van der Waals surface area contributed by atoms with Gasteiger partial charge in [-0.05, 0) is 29.3 Å². The standard InChI is InChI=1S/C21H20N4O2/c1-25-19(26)21(24-20(25)22,17-10-11-23-13-17)16-8-5-9-18(12-16)27-14-15-6-3-2-4-7-15/h2-13,23H,14H2,1H3,(H2,22,24). The molecule has 0 bridgehead atoms. The van der Waals surface area contributed by atoms with E-state index < -0.39 is 5.54 Å². The van der Waals surface area contributed by atoms with Crippen LogP contribution in [0.4, 0.5) is 0 Å². The zero-order chi connectivity index (χ0) is 18.9. The molecule has 1 unspecified atom stereocenters. The molecule has 6 heteroatoms. The van der Waals surface area contributed by atoms with Crippen molar-refractivity contribution in [3.63, 3.8) is 0 Å². The molecule has 2 aromatic carbocycles. The molecule has 1 aliphatic rings. The van der Waals surface area contributed by atoms with Crippen molar-refractivity contribution in [1.82, 2.24) is 9.88 Å². The molecule has 0 saturated carbocycles. The second kappa shape index (κ2) is 6.64. The smallest absolute Gasteiger partial charge is 0.266 e. The molecule has 0 fully saturated rings. The van der Waals surface area contributed by atoms with E-state index in [4.69, 9.17) is 10.5 Å². The second-order valence-corrected chi connectivity index (χ2v) is 6.45. The zero-order valence-corrected chi connectivity index (χ0v) is 14.9. The molecule has 1 atom stereocenters. The molecular weight excluding hydrogens is 340 g/mol. The highest BCUT2D eigenvalue weighted by molar-refractivity contribution is 6.08. The molecule has 1 aromatic heterocycles. The summed E-state index contributed by atoms with van der Waals surface area (Å²) in [6, 6.07) is 19.2. The summed E-state index contributed by atoms with van der Waals surface area (Å²) < 4.78 is 5.93. The number of guanidine groups is 1. The number of ether oxygens (including phenoxy) is 1. The lowest BCUT2D eigenvalue weighted by Crippen LogP contribution is -2.40. The lowest BCUT2D eigenvalue weighted by atomic mass is 9.84. The highest BCUT2D eigenvalue weighted by Crippen LogP contribution is 2.40. The van der Waals surface area contributed by atoms with Gasteiger partial charge in [-0.15, -0.1) is 0 Å². The highest BCUT2D eigenvalue weighted by Gasteiger charge is 2.49. The van der Waals surface area contributed by atoms with Gasteiger partial charge in [0.25, 0.3) is 5.91 Å². The number of hydrogen-bond donors (Lipinski definition) is 2. The number of rotatable bonds is 5. The Morgan fingerprint density at radius 1 is 1.11 bits per heavy atom. The van der Waals surface area contributed by atoms with Crippen LogP contribution in [0.25, 0.3) is 0 Å². The Kier molecular flexibility index (Phi) is 4.16. The van der Waals surface area contributed by atoms with Crippen LogP contribution in [0.2, 0.25) is 0 Å². The van der Waals surface area contributed by atoms with Crippen molar-refractivity contribution in [2.24, 2.45) is 10.7 Å². The Morgan fingerprint density at radius 2 is 1.93 bits per heavy atom. The number of carbonyl (C=O) groups is 1. The molecule has 0 spiro atoms. The van der Waals surface area contributed by atoms with Gasteiger partial charge in [-0.3, -0.25) is 9.69 Å².